The highest BCUT2D eigenvalue weighted by atomic mass is 32.2. The van der Waals surface area contributed by atoms with Crippen LogP contribution < -0.4 is 5.32 Å². The molecule has 0 radical (unpaired) electrons. The van der Waals surface area contributed by atoms with E-state index in [4.69, 9.17) is 9.47 Å². The fourth-order valence-corrected chi connectivity index (χ4v) is 4.40. The Balaban J connectivity index is 1.64. The highest BCUT2D eigenvalue weighted by molar-refractivity contribution is 8.14. The Kier molecular flexibility index (Phi) is 5.29. The number of carbonyl (C=O) groups is 2. The number of aliphatic hydroxyl groups is 1. The molecule has 0 aromatic heterocycles. The van der Waals surface area contributed by atoms with Crippen LogP contribution in [-0.2, 0) is 19.3 Å². The number of esters is 1. The van der Waals surface area contributed by atoms with Gasteiger partial charge in [0.15, 0.2) is 15.6 Å². The first kappa shape index (κ1) is 19.2. The average Bonchev–Trinajstić information content (AvgIpc) is 3.02. The van der Waals surface area contributed by atoms with E-state index >= 15 is 0 Å². The maximum Gasteiger partial charge on any atom is 0.338 e. The number of amides is 1. The number of benzene rings is 1. The molecule has 2 fully saturated rings. The molecule has 142 valence electrons. The third kappa shape index (κ3) is 4.20. The number of carbonyl (C=O) groups excluding carboxylic acids is 2. The maximum atomic E-state index is 12.3. The van der Waals surface area contributed by atoms with Gasteiger partial charge in [-0.25, -0.2) is 13.2 Å². The van der Waals surface area contributed by atoms with Crippen LogP contribution in [0.2, 0.25) is 0 Å². The summed E-state index contributed by atoms with van der Waals surface area (Å²) in [5, 5.41) is 13.1. The van der Waals surface area contributed by atoms with Gasteiger partial charge in [0, 0.05) is 24.9 Å². The van der Waals surface area contributed by atoms with Crippen LogP contribution in [-0.4, -0.2) is 61.3 Å². The molecular formula is C16H19NO7S2. The molecule has 0 saturated carbocycles. The first-order valence-electron chi connectivity index (χ1n) is 7.98. The first-order chi connectivity index (χ1) is 12.2. The van der Waals surface area contributed by atoms with E-state index < -0.39 is 33.7 Å². The molecule has 3 rings (SSSR count). The van der Waals surface area contributed by atoms with Crippen LogP contribution in [0.1, 0.15) is 23.2 Å². The average molecular weight is 401 g/mol. The Morgan fingerprint density at radius 1 is 1.38 bits per heavy atom. The molecule has 0 bridgehead atoms. The molecule has 2 aliphatic heterocycles. The van der Waals surface area contributed by atoms with Crippen molar-refractivity contribution in [3.63, 3.8) is 0 Å². The summed E-state index contributed by atoms with van der Waals surface area (Å²) in [4.78, 5) is 23.7. The Labute approximate surface area is 155 Å². The van der Waals surface area contributed by atoms with Gasteiger partial charge in [-0.15, -0.1) is 0 Å². The number of hydrogen-bond acceptors (Lipinski definition) is 8. The zero-order valence-electron chi connectivity index (χ0n) is 14.0. The van der Waals surface area contributed by atoms with E-state index in [1.54, 1.807) is 0 Å². The van der Waals surface area contributed by atoms with Crippen molar-refractivity contribution in [1.29, 1.82) is 0 Å². The number of rotatable bonds is 4. The Bertz CT molecular complexity index is 808. The van der Waals surface area contributed by atoms with E-state index in [1.165, 1.54) is 24.3 Å². The first-order valence-corrected chi connectivity index (χ1v) is 10.9. The molecule has 2 aliphatic rings. The van der Waals surface area contributed by atoms with Crippen molar-refractivity contribution in [2.24, 2.45) is 0 Å². The van der Waals surface area contributed by atoms with E-state index in [1.807, 2.05) is 0 Å². The second kappa shape index (κ2) is 7.18. The lowest BCUT2D eigenvalue weighted by molar-refractivity contribution is -0.253. The minimum Gasteiger partial charge on any atom is -0.458 e. The quantitative estimate of drug-likeness (QED) is 0.716. The van der Waals surface area contributed by atoms with Crippen LogP contribution in [0.4, 0.5) is 4.79 Å². The lowest BCUT2D eigenvalue weighted by atomic mass is 9.96. The van der Waals surface area contributed by atoms with Crippen LogP contribution in [0.25, 0.3) is 0 Å². The van der Waals surface area contributed by atoms with Crippen molar-refractivity contribution in [2.45, 2.75) is 35.7 Å². The predicted molar refractivity (Wildman–Crippen MR) is 93.7 cm³/mol. The minimum atomic E-state index is -3.34. The molecule has 2 saturated heterocycles. The molecule has 1 aromatic rings. The van der Waals surface area contributed by atoms with Gasteiger partial charge in [0.1, 0.15) is 6.10 Å². The Morgan fingerprint density at radius 3 is 2.65 bits per heavy atom. The third-order valence-corrected chi connectivity index (χ3v) is 6.33. The molecule has 3 unspecified atom stereocenters. The van der Waals surface area contributed by atoms with Gasteiger partial charge >= 0.3 is 5.97 Å². The van der Waals surface area contributed by atoms with Gasteiger partial charge in [0.2, 0.25) is 0 Å². The van der Waals surface area contributed by atoms with Gasteiger partial charge in [-0.1, -0.05) is 11.8 Å². The molecule has 3 atom stereocenters. The minimum absolute atomic E-state index is 0.0473. The third-order valence-electron chi connectivity index (χ3n) is 4.32. The standard InChI is InChI=1S/C16H19NO7S2/c1-26(21,22)12-4-2-10(3-5-12)14(18)24-11-6-7-23-16(20,8-11)13-9-25-15(19)17-13/h2-5,11,13,20H,6-9H2,1H3,(H,17,19). The van der Waals surface area contributed by atoms with Gasteiger partial charge in [0.05, 0.1) is 23.1 Å². The van der Waals surface area contributed by atoms with Crippen molar-refractivity contribution in [3.05, 3.63) is 29.8 Å². The Hall–Kier alpha value is -1.62. The van der Waals surface area contributed by atoms with Crippen molar-refractivity contribution in [2.75, 3.05) is 18.6 Å². The second-order valence-electron chi connectivity index (χ2n) is 6.31. The van der Waals surface area contributed by atoms with Gasteiger partial charge < -0.3 is 19.9 Å². The SMILES string of the molecule is CS(=O)(=O)c1ccc(C(=O)OC2CCOC(O)(C3CSC(=O)N3)C2)cc1. The molecule has 10 heteroatoms. The van der Waals surface area contributed by atoms with Gasteiger partial charge in [-0.2, -0.15) is 0 Å². The van der Waals surface area contributed by atoms with Crippen molar-refractivity contribution in [1.82, 2.24) is 5.32 Å². The second-order valence-corrected chi connectivity index (χ2v) is 9.31. The number of ether oxygens (including phenoxy) is 2. The number of sulfone groups is 1. The molecular weight excluding hydrogens is 382 g/mol. The number of hydrogen-bond donors (Lipinski definition) is 2. The highest BCUT2D eigenvalue weighted by Gasteiger charge is 2.47. The summed E-state index contributed by atoms with van der Waals surface area (Å²) in [7, 11) is -3.34. The summed E-state index contributed by atoms with van der Waals surface area (Å²) in [6, 6.07) is 4.90. The molecule has 0 spiro atoms. The van der Waals surface area contributed by atoms with Crippen LogP contribution in [0, 0.1) is 0 Å². The molecule has 1 amide bonds. The molecule has 1 aromatic carbocycles. The summed E-state index contributed by atoms with van der Waals surface area (Å²) in [6.45, 7) is 0.193. The van der Waals surface area contributed by atoms with Gasteiger partial charge in [0.25, 0.3) is 5.24 Å². The molecule has 2 N–H and O–H groups in total. The van der Waals surface area contributed by atoms with Crippen molar-refractivity contribution in [3.8, 4) is 0 Å². The van der Waals surface area contributed by atoms with Crippen molar-refractivity contribution >= 4 is 32.8 Å². The van der Waals surface area contributed by atoms with Crippen LogP contribution in [0.3, 0.4) is 0 Å². The summed E-state index contributed by atoms with van der Waals surface area (Å²) >= 11 is 1.07. The van der Waals surface area contributed by atoms with Crippen LogP contribution >= 0.6 is 11.8 Å². The van der Waals surface area contributed by atoms with E-state index in [0.29, 0.717) is 12.2 Å². The van der Waals surface area contributed by atoms with Crippen molar-refractivity contribution < 1.29 is 32.6 Å². The summed E-state index contributed by atoms with van der Waals surface area (Å²) in [6.07, 6.45) is 0.983. The number of thioether (sulfide) groups is 1. The Morgan fingerprint density at radius 2 is 2.08 bits per heavy atom. The monoisotopic (exact) mass is 401 g/mol. The summed E-state index contributed by atoms with van der Waals surface area (Å²) in [5.74, 6) is -1.81. The smallest absolute Gasteiger partial charge is 0.338 e. The van der Waals surface area contributed by atoms with Crippen LogP contribution in [0.15, 0.2) is 29.2 Å². The molecule has 2 heterocycles. The molecule has 8 nitrogen and oxygen atoms in total. The highest BCUT2D eigenvalue weighted by Crippen LogP contribution is 2.32. The molecule has 0 aliphatic carbocycles. The fraction of sp³-hybridized carbons (Fsp3) is 0.500. The van der Waals surface area contributed by atoms with E-state index in [9.17, 15) is 23.1 Å². The normalized spacial score (nSPS) is 29.2. The van der Waals surface area contributed by atoms with E-state index in [2.05, 4.69) is 5.32 Å². The zero-order chi connectivity index (χ0) is 18.9. The summed E-state index contributed by atoms with van der Waals surface area (Å²) in [5.41, 5.74) is 0.220. The molecule has 26 heavy (non-hydrogen) atoms. The summed E-state index contributed by atoms with van der Waals surface area (Å²) < 4.78 is 33.8. The zero-order valence-corrected chi connectivity index (χ0v) is 15.6. The van der Waals surface area contributed by atoms with Gasteiger partial charge in [-0.3, -0.25) is 4.79 Å². The van der Waals surface area contributed by atoms with E-state index in [0.717, 1.165) is 18.0 Å². The lowest BCUT2D eigenvalue weighted by Crippen LogP contribution is -2.56. The lowest BCUT2D eigenvalue weighted by Gasteiger charge is -2.39. The van der Waals surface area contributed by atoms with E-state index in [-0.39, 0.29) is 28.7 Å². The fourth-order valence-electron chi connectivity index (χ4n) is 2.88. The topological polar surface area (TPSA) is 119 Å². The largest absolute Gasteiger partial charge is 0.458 e. The van der Waals surface area contributed by atoms with Gasteiger partial charge in [-0.05, 0) is 24.3 Å². The van der Waals surface area contributed by atoms with Crippen LogP contribution in [0.5, 0.6) is 0 Å². The number of nitrogens with one attached hydrogen (secondary N) is 1. The predicted octanol–water partition coefficient (Wildman–Crippen LogP) is 0.939. The maximum absolute atomic E-state index is 12.3.